The Bertz CT molecular complexity index is 346. The molecule has 1 atom stereocenters. The van der Waals surface area contributed by atoms with Gasteiger partial charge in [-0.05, 0) is 20.3 Å². The summed E-state index contributed by atoms with van der Waals surface area (Å²) in [6.45, 7) is 5.42. The third kappa shape index (κ3) is 3.32. The quantitative estimate of drug-likeness (QED) is 0.655. The molecule has 0 aromatic carbocycles. The van der Waals surface area contributed by atoms with Gasteiger partial charge in [0.2, 0.25) is 5.82 Å². The van der Waals surface area contributed by atoms with Crippen LogP contribution in [0.5, 0.6) is 0 Å². The summed E-state index contributed by atoms with van der Waals surface area (Å²) in [4.78, 5) is 15.3. The maximum absolute atomic E-state index is 11.5. The molecule has 0 aliphatic heterocycles. The summed E-state index contributed by atoms with van der Waals surface area (Å²) in [5, 5.41) is 18.5. The minimum Gasteiger partial charge on any atom is -0.388 e. The fourth-order valence-electron chi connectivity index (χ4n) is 0.919. The predicted octanol–water partition coefficient (Wildman–Crippen LogP) is 0.00392. The number of hydrogen-bond acceptors (Lipinski definition) is 4. The standard InChI is InChI=1S/C9H16N4O2/c1-4-9(3,15)5-10-8(14)7-11-6(2)12-13-7/h15H,4-5H2,1-3H3,(H,10,14)(H,11,12,13). The average Bonchev–Trinajstić information content (AvgIpc) is 2.61. The second-order valence-corrected chi connectivity index (χ2v) is 3.78. The zero-order valence-corrected chi connectivity index (χ0v) is 9.16. The molecule has 0 aliphatic rings. The molecule has 0 saturated carbocycles. The van der Waals surface area contributed by atoms with Gasteiger partial charge in [-0.1, -0.05) is 6.92 Å². The molecule has 0 bridgehead atoms. The first kappa shape index (κ1) is 11.6. The van der Waals surface area contributed by atoms with Crippen molar-refractivity contribution in [3.05, 3.63) is 11.6 Å². The number of aromatic nitrogens is 3. The van der Waals surface area contributed by atoms with Crippen LogP contribution in [0.2, 0.25) is 0 Å². The third-order valence-electron chi connectivity index (χ3n) is 2.19. The van der Waals surface area contributed by atoms with Crippen molar-refractivity contribution in [2.45, 2.75) is 32.8 Å². The molecule has 3 N–H and O–H groups in total. The zero-order chi connectivity index (χ0) is 11.5. The Morgan fingerprint density at radius 3 is 2.80 bits per heavy atom. The Kier molecular flexibility index (Phi) is 3.41. The molecule has 0 saturated heterocycles. The number of nitrogens with one attached hydrogen (secondary N) is 2. The first-order valence-electron chi connectivity index (χ1n) is 4.84. The maximum Gasteiger partial charge on any atom is 0.291 e. The van der Waals surface area contributed by atoms with Gasteiger partial charge in [-0.25, -0.2) is 4.98 Å². The summed E-state index contributed by atoms with van der Waals surface area (Å²) < 4.78 is 0. The number of carbonyl (C=O) groups excluding carboxylic acids is 1. The van der Waals surface area contributed by atoms with E-state index in [1.165, 1.54) is 0 Å². The molecular formula is C9H16N4O2. The zero-order valence-electron chi connectivity index (χ0n) is 9.16. The monoisotopic (exact) mass is 212 g/mol. The molecule has 1 aromatic rings. The summed E-state index contributed by atoms with van der Waals surface area (Å²) >= 11 is 0. The van der Waals surface area contributed by atoms with E-state index in [4.69, 9.17) is 0 Å². The number of amides is 1. The van der Waals surface area contributed by atoms with Gasteiger partial charge in [-0.2, -0.15) is 0 Å². The van der Waals surface area contributed by atoms with Crippen LogP contribution in [0.1, 0.15) is 36.7 Å². The second kappa shape index (κ2) is 4.39. The number of aryl methyl sites for hydroxylation is 1. The van der Waals surface area contributed by atoms with Gasteiger partial charge in [0.25, 0.3) is 5.91 Å². The fourth-order valence-corrected chi connectivity index (χ4v) is 0.919. The average molecular weight is 212 g/mol. The largest absolute Gasteiger partial charge is 0.388 e. The lowest BCUT2D eigenvalue weighted by Crippen LogP contribution is -2.40. The SMILES string of the molecule is CCC(C)(O)CNC(=O)c1n[nH]c(C)n1. The molecule has 0 fully saturated rings. The van der Waals surface area contributed by atoms with E-state index in [1.54, 1.807) is 13.8 Å². The summed E-state index contributed by atoms with van der Waals surface area (Å²) in [5.41, 5.74) is -0.888. The number of H-pyrrole nitrogens is 1. The molecule has 84 valence electrons. The van der Waals surface area contributed by atoms with Gasteiger partial charge in [0.1, 0.15) is 5.82 Å². The molecule has 6 heteroatoms. The molecule has 0 aliphatic carbocycles. The van der Waals surface area contributed by atoms with Crippen molar-refractivity contribution in [2.24, 2.45) is 0 Å². The van der Waals surface area contributed by atoms with E-state index in [9.17, 15) is 9.90 Å². The minimum absolute atomic E-state index is 0.0967. The molecule has 0 radical (unpaired) electrons. The molecule has 15 heavy (non-hydrogen) atoms. The van der Waals surface area contributed by atoms with Crippen LogP contribution in [0.3, 0.4) is 0 Å². The van der Waals surface area contributed by atoms with E-state index in [0.29, 0.717) is 12.2 Å². The first-order valence-corrected chi connectivity index (χ1v) is 4.84. The maximum atomic E-state index is 11.5. The number of hydrogen-bond donors (Lipinski definition) is 3. The van der Waals surface area contributed by atoms with Crippen LogP contribution in [-0.2, 0) is 0 Å². The summed E-state index contributed by atoms with van der Waals surface area (Å²) in [5.74, 6) is 0.301. The lowest BCUT2D eigenvalue weighted by atomic mass is 10.0. The third-order valence-corrected chi connectivity index (χ3v) is 2.19. The van der Waals surface area contributed by atoms with E-state index >= 15 is 0 Å². The molecule has 6 nitrogen and oxygen atoms in total. The first-order chi connectivity index (χ1) is 6.94. The number of carbonyl (C=O) groups is 1. The van der Waals surface area contributed by atoms with Gasteiger partial charge in [-0.15, -0.1) is 5.10 Å². The highest BCUT2D eigenvalue weighted by molar-refractivity contribution is 5.90. The highest BCUT2D eigenvalue weighted by Gasteiger charge is 2.20. The van der Waals surface area contributed by atoms with Crippen LogP contribution in [-0.4, -0.2) is 38.3 Å². The van der Waals surface area contributed by atoms with E-state index in [2.05, 4.69) is 20.5 Å². The second-order valence-electron chi connectivity index (χ2n) is 3.78. The lowest BCUT2D eigenvalue weighted by Gasteiger charge is -2.20. The molecule has 0 spiro atoms. The van der Waals surface area contributed by atoms with Crippen molar-refractivity contribution in [3.63, 3.8) is 0 Å². The molecule has 1 heterocycles. The van der Waals surface area contributed by atoms with Crippen molar-refractivity contribution in [1.29, 1.82) is 0 Å². The van der Waals surface area contributed by atoms with Gasteiger partial charge in [0.15, 0.2) is 0 Å². The van der Waals surface area contributed by atoms with Crippen LogP contribution >= 0.6 is 0 Å². The molecular weight excluding hydrogens is 196 g/mol. The van der Waals surface area contributed by atoms with Gasteiger partial charge in [0.05, 0.1) is 5.60 Å². The van der Waals surface area contributed by atoms with Gasteiger partial charge >= 0.3 is 0 Å². The Labute approximate surface area is 88.1 Å². The van der Waals surface area contributed by atoms with Crippen molar-refractivity contribution >= 4 is 5.91 Å². The minimum atomic E-state index is -0.888. The molecule has 1 amide bonds. The Morgan fingerprint density at radius 2 is 2.33 bits per heavy atom. The smallest absolute Gasteiger partial charge is 0.291 e. The van der Waals surface area contributed by atoms with Crippen molar-refractivity contribution in [1.82, 2.24) is 20.5 Å². The van der Waals surface area contributed by atoms with E-state index in [1.807, 2.05) is 6.92 Å². The Hall–Kier alpha value is -1.43. The number of aliphatic hydroxyl groups is 1. The Balaban J connectivity index is 2.50. The van der Waals surface area contributed by atoms with Gasteiger partial charge in [-0.3, -0.25) is 9.89 Å². The van der Waals surface area contributed by atoms with Crippen molar-refractivity contribution in [2.75, 3.05) is 6.54 Å². The van der Waals surface area contributed by atoms with Gasteiger partial charge in [0, 0.05) is 6.54 Å². The van der Waals surface area contributed by atoms with Crippen LogP contribution in [0.15, 0.2) is 0 Å². The van der Waals surface area contributed by atoms with Crippen LogP contribution in [0, 0.1) is 6.92 Å². The van der Waals surface area contributed by atoms with Gasteiger partial charge < -0.3 is 10.4 Å². The summed E-state index contributed by atoms with van der Waals surface area (Å²) in [6, 6.07) is 0. The number of rotatable bonds is 4. The van der Waals surface area contributed by atoms with Crippen LogP contribution in [0.4, 0.5) is 0 Å². The highest BCUT2D eigenvalue weighted by Crippen LogP contribution is 2.06. The van der Waals surface area contributed by atoms with E-state index < -0.39 is 5.60 Å². The lowest BCUT2D eigenvalue weighted by molar-refractivity contribution is 0.0515. The van der Waals surface area contributed by atoms with Crippen molar-refractivity contribution in [3.8, 4) is 0 Å². The fraction of sp³-hybridized carbons (Fsp3) is 0.667. The predicted molar refractivity (Wildman–Crippen MR) is 54.4 cm³/mol. The summed E-state index contributed by atoms with van der Waals surface area (Å²) in [6.07, 6.45) is 0.570. The molecule has 1 rings (SSSR count). The highest BCUT2D eigenvalue weighted by atomic mass is 16.3. The molecule has 1 unspecified atom stereocenters. The summed E-state index contributed by atoms with van der Waals surface area (Å²) in [7, 11) is 0. The molecule has 1 aromatic heterocycles. The van der Waals surface area contributed by atoms with E-state index in [-0.39, 0.29) is 18.3 Å². The topological polar surface area (TPSA) is 90.9 Å². The number of nitrogens with zero attached hydrogens (tertiary/aromatic N) is 2. The van der Waals surface area contributed by atoms with Crippen LogP contribution in [0.25, 0.3) is 0 Å². The Morgan fingerprint density at radius 1 is 1.67 bits per heavy atom. The normalized spacial score (nSPS) is 14.7. The van der Waals surface area contributed by atoms with Crippen LogP contribution < -0.4 is 5.32 Å². The number of aromatic amines is 1. The van der Waals surface area contributed by atoms with Crippen molar-refractivity contribution < 1.29 is 9.90 Å². The van der Waals surface area contributed by atoms with E-state index in [0.717, 1.165) is 0 Å².